The number of hydrogen-bond acceptors (Lipinski definition) is 3. The summed E-state index contributed by atoms with van der Waals surface area (Å²) < 4.78 is 10.7. The number of ether oxygens (including phenoxy) is 2. The molecule has 1 aliphatic heterocycles. The van der Waals surface area contributed by atoms with E-state index in [1.165, 1.54) is 11.1 Å². The van der Waals surface area contributed by atoms with E-state index in [-0.39, 0.29) is 11.8 Å². The van der Waals surface area contributed by atoms with Crippen molar-refractivity contribution in [2.24, 2.45) is 5.73 Å². The van der Waals surface area contributed by atoms with E-state index >= 15 is 0 Å². The van der Waals surface area contributed by atoms with Gasteiger partial charge in [0.2, 0.25) is 12.7 Å². The van der Waals surface area contributed by atoms with E-state index in [0.717, 1.165) is 24.3 Å². The lowest BCUT2D eigenvalue weighted by Gasteiger charge is -2.09. The third-order valence-corrected chi connectivity index (χ3v) is 3.28. The van der Waals surface area contributed by atoms with Crippen LogP contribution in [-0.4, -0.2) is 12.7 Å². The highest BCUT2D eigenvalue weighted by Gasteiger charge is 2.27. The normalized spacial score (nSPS) is 20.9. The first-order chi connectivity index (χ1) is 7.74. The molecule has 0 radical (unpaired) electrons. The molecule has 1 aromatic rings. The minimum absolute atomic E-state index is 0.240. The number of rotatable bonds is 2. The smallest absolute Gasteiger partial charge is 0.231 e. The summed E-state index contributed by atoms with van der Waals surface area (Å²) in [4.78, 5) is 11.0. The van der Waals surface area contributed by atoms with Crippen LogP contribution in [0.4, 0.5) is 0 Å². The van der Waals surface area contributed by atoms with Crippen molar-refractivity contribution in [1.29, 1.82) is 0 Å². The number of benzene rings is 1. The average Bonchev–Trinajstić information content (AvgIpc) is 2.81. The zero-order valence-corrected chi connectivity index (χ0v) is 8.86. The van der Waals surface area contributed by atoms with Crippen LogP contribution in [-0.2, 0) is 11.2 Å². The van der Waals surface area contributed by atoms with E-state index in [9.17, 15) is 4.79 Å². The molecule has 4 heteroatoms. The summed E-state index contributed by atoms with van der Waals surface area (Å²) in [6.07, 6.45) is 2.40. The fourth-order valence-electron chi connectivity index (χ4n) is 2.54. The van der Waals surface area contributed by atoms with Crippen molar-refractivity contribution in [3.05, 3.63) is 23.3 Å². The van der Waals surface area contributed by atoms with Gasteiger partial charge < -0.3 is 15.2 Å². The number of hydrogen-bond donors (Lipinski definition) is 1. The molecule has 0 spiro atoms. The van der Waals surface area contributed by atoms with Gasteiger partial charge in [0.1, 0.15) is 0 Å². The molecular formula is C12H13NO3. The third kappa shape index (κ3) is 1.41. The summed E-state index contributed by atoms with van der Waals surface area (Å²) in [6, 6.07) is 4.02. The number of nitrogens with two attached hydrogens (primary N) is 1. The van der Waals surface area contributed by atoms with Crippen LogP contribution in [0.1, 0.15) is 29.9 Å². The van der Waals surface area contributed by atoms with Gasteiger partial charge in [0.15, 0.2) is 11.5 Å². The SMILES string of the molecule is NC(=O)CC1CCc2cc3c(cc21)OCO3. The molecule has 1 unspecified atom stereocenters. The van der Waals surface area contributed by atoms with Crippen molar-refractivity contribution in [3.63, 3.8) is 0 Å². The van der Waals surface area contributed by atoms with Crippen LogP contribution >= 0.6 is 0 Å². The fraction of sp³-hybridized carbons (Fsp3) is 0.417. The molecule has 16 heavy (non-hydrogen) atoms. The number of amides is 1. The Morgan fingerprint density at radius 1 is 1.38 bits per heavy atom. The Bertz CT molecular complexity index is 456. The van der Waals surface area contributed by atoms with Gasteiger partial charge in [-0.1, -0.05) is 0 Å². The summed E-state index contributed by atoms with van der Waals surface area (Å²) in [5.74, 6) is 1.62. The quantitative estimate of drug-likeness (QED) is 0.816. The van der Waals surface area contributed by atoms with Crippen molar-refractivity contribution in [2.75, 3.05) is 6.79 Å². The first-order valence-electron chi connectivity index (χ1n) is 5.45. The van der Waals surface area contributed by atoms with Crippen LogP contribution in [0.25, 0.3) is 0 Å². The molecule has 0 saturated carbocycles. The lowest BCUT2D eigenvalue weighted by molar-refractivity contribution is -0.118. The second-order valence-corrected chi connectivity index (χ2v) is 4.31. The van der Waals surface area contributed by atoms with Crippen LogP contribution in [0.3, 0.4) is 0 Å². The maximum absolute atomic E-state index is 11.0. The van der Waals surface area contributed by atoms with E-state index in [2.05, 4.69) is 0 Å². The zero-order valence-electron chi connectivity index (χ0n) is 8.86. The molecule has 0 saturated heterocycles. The molecule has 0 aromatic heterocycles. The van der Waals surface area contributed by atoms with Gasteiger partial charge >= 0.3 is 0 Å². The molecule has 0 bridgehead atoms. The first kappa shape index (κ1) is 9.51. The predicted octanol–water partition coefficient (Wildman–Crippen LogP) is 1.32. The Labute approximate surface area is 93.3 Å². The molecule has 84 valence electrons. The Kier molecular flexibility index (Phi) is 2.02. The largest absolute Gasteiger partial charge is 0.454 e. The van der Waals surface area contributed by atoms with E-state index in [1.54, 1.807) is 0 Å². The lowest BCUT2D eigenvalue weighted by atomic mass is 9.97. The van der Waals surface area contributed by atoms with Gasteiger partial charge in [-0.25, -0.2) is 0 Å². The van der Waals surface area contributed by atoms with Gasteiger partial charge in [-0.2, -0.15) is 0 Å². The third-order valence-electron chi connectivity index (χ3n) is 3.28. The van der Waals surface area contributed by atoms with Gasteiger partial charge in [-0.3, -0.25) is 4.79 Å². The molecule has 2 N–H and O–H groups in total. The second kappa shape index (κ2) is 3.40. The minimum Gasteiger partial charge on any atom is -0.454 e. The minimum atomic E-state index is -0.240. The van der Waals surface area contributed by atoms with E-state index in [4.69, 9.17) is 15.2 Å². The van der Waals surface area contributed by atoms with Gasteiger partial charge in [0.05, 0.1) is 0 Å². The van der Waals surface area contributed by atoms with Crippen LogP contribution in [0.2, 0.25) is 0 Å². The molecule has 1 heterocycles. The van der Waals surface area contributed by atoms with E-state index in [0.29, 0.717) is 13.2 Å². The Hall–Kier alpha value is -1.71. The lowest BCUT2D eigenvalue weighted by Crippen LogP contribution is -2.13. The van der Waals surface area contributed by atoms with E-state index in [1.807, 2.05) is 12.1 Å². The van der Waals surface area contributed by atoms with Gasteiger partial charge in [-0.15, -0.1) is 0 Å². The Balaban J connectivity index is 1.96. The number of carbonyl (C=O) groups excluding carboxylic acids is 1. The number of primary amides is 1. The molecule has 0 fully saturated rings. The monoisotopic (exact) mass is 219 g/mol. The zero-order chi connectivity index (χ0) is 11.1. The van der Waals surface area contributed by atoms with Crippen molar-refractivity contribution in [2.45, 2.75) is 25.2 Å². The maximum Gasteiger partial charge on any atom is 0.231 e. The summed E-state index contributed by atoms with van der Waals surface area (Å²) in [6.45, 7) is 0.290. The topological polar surface area (TPSA) is 61.6 Å². The Morgan fingerprint density at radius 2 is 2.12 bits per heavy atom. The van der Waals surface area contributed by atoms with Crippen molar-refractivity contribution >= 4 is 5.91 Å². The first-order valence-corrected chi connectivity index (χ1v) is 5.45. The number of fused-ring (bicyclic) bond motifs is 2. The number of carbonyl (C=O) groups is 1. The fourth-order valence-corrected chi connectivity index (χ4v) is 2.54. The van der Waals surface area contributed by atoms with Gasteiger partial charge in [-0.05, 0) is 42.0 Å². The van der Waals surface area contributed by atoms with Crippen molar-refractivity contribution < 1.29 is 14.3 Å². The Morgan fingerprint density at radius 3 is 2.88 bits per heavy atom. The van der Waals surface area contributed by atoms with Crippen LogP contribution in [0.15, 0.2) is 12.1 Å². The maximum atomic E-state index is 11.0. The highest BCUT2D eigenvalue weighted by atomic mass is 16.7. The van der Waals surface area contributed by atoms with E-state index < -0.39 is 0 Å². The summed E-state index contributed by atoms with van der Waals surface area (Å²) in [7, 11) is 0. The molecule has 1 aliphatic carbocycles. The molecule has 3 rings (SSSR count). The standard InChI is InChI=1S/C12H13NO3/c13-12(14)4-8-2-1-7-3-10-11(5-9(7)8)16-6-15-10/h3,5,8H,1-2,4,6H2,(H2,13,14). The highest BCUT2D eigenvalue weighted by molar-refractivity contribution is 5.75. The molecule has 4 nitrogen and oxygen atoms in total. The predicted molar refractivity (Wildman–Crippen MR) is 57.4 cm³/mol. The summed E-state index contributed by atoms with van der Waals surface area (Å²) >= 11 is 0. The average molecular weight is 219 g/mol. The molecule has 1 amide bonds. The van der Waals surface area contributed by atoms with Gasteiger partial charge in [0, 0.05) is 6.42 Å². The van der Waals surface area contributed by atoms with Crippen LogP contribution < -0.4 is 15.2 Å². The second-order valence-electron chi connectivity index (χ2n) is 4.31. The summed E-state index contributed by atoms with van der Waals surface area (Å²) in [5, 5.41) is 0. The molecule has 1 aromatic carbocycles. The highest BCUT2D eigenvalue weighted by Crippen LogP contribution is 2.43. The van der Waals surface area contributed by atoms with Crippen LogP contribution in [0, 0.1) is 0 Å². The van der Waals surface area contributed by atoms with Crippen molar-refractivity contribution in [3.8, 4) is 11.5 Å². The number of aryl methyl sites for hydroxylation is 1. The molecule has 2 aliphatic rings. The molecule has 1 atom stereocenters. The van der Waals surface area contributed by atoms with Crippen LogP contribution in [0.5, 0.6) is 11.5 Å². The molecular weight excluding hydrogens is 206 g/mol. The summed E-state index contributed by atoms with van der Waals surface area (Å²) in [5.41, 5.74) is 7.70. The van der Waals surface area contributed by atoms with Crippen molar-refractivity contribution in [1.82, 2.24) is 0 Å². The van der Waals surface area contributed by atoms with Gasteiger partial charge in [0.25, 0.3) is 0 Å².